The van der Waals surface area contributed by atoms with E-state index >= 15 is 0 Å². The molecule has 1 aliphatic heterocycles. The van der Waals surface area contributed by atoms with E-state index in [-0.39, 0.29) is 4.75 Å². The standard InChI is InChI=1S/C11H14ClNS/c1-11(2)7-13(3)9-5-4-8(12)6-10(9)14-11/h4-6H,7H2,1-3H3. The van der Waals surface area contributed by atoms with Crippen molar-refractivity contribution in [2.75, 3.05) is 18.5 Å². The zero-order chi connectivity index (χ0) is 10.3. The predicted molar refractivity (Wildman–Crippen MR) is 64.7 cm³/mol. The molecule has 0 fully saturated rings. The molecule has 0 amide bonds. The topological polar surface area (TPSA) is 3.24 Å². The summed E-state index contributed by atoms with van der Waals surface area (Å²) in [6.45, 7) is 5.60. The number of benzene rings is 1. The maximum Gasteiger partial charge on any atom is 0.0503 e. The van der Waals surface area contributed by atoms with Crippen LogP contribution in [-0.4, -0.2) is 18.3 Å². The van der Waals surface area contributed by atoms with Crippen molar-refractivity contribution in [2.45, 2.75) is 23.5 Å². The van der Waals surface area contributed by atoms with Gasteiger partial charge in [-0.3, -0.25) is 0 Å². The molecule has 3 heteroatoms. The molecule has 0 bridgehead atoms. The molecule has 0 aliphatic carbocycles. The first-order chi connectivity index (χ1) is 6.48. The van der Waals surface area contributed by atoms with E-state index in [0.29, 0.717) is 0 Å². The third kappa shape index (κ3) is 1.86. The van der Waals surface area contributed by atoms with Gasteiger partial charge in [0.2, 0.25) is 0 Å². The van der Waals surface area contributed by atoms with Gasteiger partial charge in [0.15, 0.2) is 0 Å². The first-order valence-corrected chi connectivity index (χ1v) is 5.87. The molecule has 1 aromatic carbocycles. The van der Waals surface area contributed by atoms with Crippen molar-refractivity contribution >= 4 is 29.1 Å². The lowest BCUT2D eigenvalue weighted by atomic mass is 10.1. The molecule has 0 saturated heterocycles. The quantitative estimate of drug-likeness (QED) is 0.666. The fourth-order valence-electron chi connectivity index (χ4n) is 1.87. The van der Waals surface area contributed by atoms with Gasteiger partial charge >= 0.3 is 0 Å². The summed E-state index contributed by atoms with van der Waals surface area (Å²) in [5.74, 6) is 0. The molecule has 0 spiro atoms. The molecule has 0 unspecified atom stereocenters. The summed E-state index contributed by atoms with van der Waals surface area (Å²) in [5, 5.41) is 0.822. The van der Waals surface area contributed by atoms with Crippen molar-refractivity contribution in [1.82, 2.24) is 0 Å². The third-order valence-corrected chi connectivity index (χ3v) is 3.80. The van der Waals surface area contributed by atoms with Crippen molar-refractivity contribution in [2.24, 2.45) is 0 Å². The van der Waals surface area contributed by atoms with Crippen LogP contribution >= 0.6 is 23.4 Å². The molecule has 0 N–H and O–H groups in total. The second kappa shape index (κ2) is 3.35. The van der Waals surface area contributed by atoms with E-state index in [2.05, 4.69) is 37.9 Å². The van der Waals surface area contributed by atoms with Crippen LogP contribution < -0.4 is 4.90 Å². The average molecular weight is 228 g/mol. The normalized spacial score (nSPS) is 19.3. The van der Waals surface area contributed by atoms with E-state index in [9.17, 15) is 0 Å². The minimum Gasteiger partial charge on any atom is -0.372 e. The first-order valence-electron chi connectivity index (χ1n) is 4.68. The smallest absolute Gasteiger partial charge is 0.0503 e. The van der Waals surface area contributed by atoms with Crippen LogP contribution in [-0.2, 0) is 0 Å². The number of rotatable bonds is 0. The van der Waals surface area contributed by atoms with Crippen molar-refractivity contribution in [3.63, 3.8) is 0 Å². The minimum atomic E-state index is 0.270. The second-order valence-corrected chi connectivity index (χ2v) is 6.52. The van der Waals surface area contributed by atoms with Gasteiger partial charge in [-0.15, -0.1) is 11.8 Å². The predicted octanol–water partition coefficient (Wildman–Crippen LogP) is 3.66. The molecular weight excluding hydrogens is 214 g/mol. The van der Waals surface area contributed by atoms with Gasteiger partial charge in [-0.2, -0.15) is 0 Å². The van der Waals surface area contributed by atoms with Crippen molar-refractivity contribution in [3.05, 3.63) is 23.2 Å². The van der Waals surface area contributed by atoms with E-state index in [1.165, 1.54) is 10.6 Å². The molecule has 1 aliphatic rings. The fourth-order valence-corrected chi connectivity index (χ4v) is 3.48. The summed E-state index contributed by atoms with van der Waals surface area (Å²) >= 11 is 7.89. The van der Waals surface area contributed by atoms with E-state index in [0.717, 1.165) is 11.6 Å². The van der Waals surface area contributed by atoms with Gasteiger partial charge < -0.3 is 4.90 Å². The Morgan fingerprint density at radius 3 is 2.86 bits per heavy atom. The van der Waals surface area contributed by atoms with E-state index in [4.69, 9.17) is 11.6 Å². The van der Waals surface area contributed by atoms with Gasteiger partial charge in [0, 0.05) is 28.3 Å². The lowest BCUT2D eigenvalue weighted by Crippen LogP contribution is -2.37. The Morgan fingerprint density at radius 1 is 1.43 bits per heavy atom. The Balaban J connectivity index is 2.46. The molecule has 1 nitrogen and oxygen atoms in total. The highest BCUT2D eigenvalue weighted by molar-refractivity contribution is 8.00. The van der Waals surface area contributed by atoms with E-state index in [1.54, 1.807) is 0 Å². The highest BCUT2D eigenvalue weighted by Crippen LogP contribution is 2.44. The monoisotopic (exact) mass is 227 g/mol. The molecule has 0 atom stereocenters. The lowest BCUT2D eigenvalue weighted by Gasteiger charge is -2.37. The molecule has 2 rings (SSSR count). The summed E-state index contributed by atoms with van der Waals surface area (Å²) in [6.07, 6.45) is 0. The zero-order valence-electron chi connectivity index (χ0n) is 8.67. The average Bonchev–Trinajstić information content (AvgIpc) is 2.00. The van der Waals surface area contributed by atoms with Crippen LogP contribution in [0.2, 0.25) is 5.02 Å². The molecular formula is C11H14ClNS. The second-order valence-electron chi connectivity index (χ2n) is 4.33. The molecule has 1 aromatic rings. The summed E-state index contributed by atoms with van der Waals surface area (Å²) in [6, 6.07) is 6.11. The maximum absolute atomic E-state index is 5.99. The van der Waals surface area contributed by atoms with Crippen molar-refractivity contribution in [3.8, 4) is 0 Å². The maximum atomic E-state index is 5.99. The molecule has 14 heavy (non-hydrogen) atoms. The number of thioether (sulfide) groups is 1. The van der Waals surface area contributed by atoms with Crippen molar-refractivity contribution < 1.29 is 0 Å². The SMILES string of the molecule is CN1CC(C)(C)Sc2cc(Cl)ccc21. The van der Waals surface area contributed by atoms with Crippen LogP contribution in [0.25, 0.3) is 0 Å². The summed E-state index contributed by atoms with van der Waals surface area (Å²) in [7, 11) is 2.13. The van der Waals surface area contributed by atoms with Crippen LogP contribution in [0.1, 0.15) is 13.8 Å². The lowest BCUT2D eigenvalue weighted by molar-refractivity contribution is 0.676. The van der Waals surface area contributed by atoms with Crippen LogP contribution in [0, 0.1) is 0 Å². The Morgan fingerprint density at radius 2 is 2.14 bits per heavy atom. The molecule has 0 aromatic heterocycles. The molecule has 0 saturated carbocycles. The summed E-state index contributed by atoms with van der Waals surface area (Å²) in [4.78, 5) is 3.58. The van der Waals surface area contributed by atoms with Gasteiger partial charge in [-0.25, -0.2) is 0 Å². The summed E-state index contributed by atoms with van der Waals surface area (Å²) < 4.78 is 0.270. The van der Waals surface area contributed by atoms with Gasteiger partial charge in [0.25, 0.3) is 0 Å². The molecule has 0 radical (unpaired) electrons. The van der Waals surface area contributed by atoms with Crippen LogP contribution in [0.3, 0.4) is 0 Å². The van der Waals surface area contributed by atoms with Crippen LogP contribution in [0.5, 0.6) is 0 Å². The third-order valence-electron chi connectivity index (χ3n) is 2.34. The zero-order valence-corrected chi connectivity index (χ0v) is 10.2. The van der Waals surface area contributed by atoms with E-state index < -0.39 is 0 Å². The van der Waals surface area contributed by atoms with E-state index in [1.807, 2.05) is 17.8 Å². The van der Waals surface area contributed by atoms with Crippen molar-refractivity contribution in [1.29, 1.82) is 0 Å². The Hall–Kier alpha value is -0.340. The highest BCUT2D eigenvalue weighted by Gasteiger charge is 2.29. The van der Waals surface area contributed by atoms with Crippen LogP contribution in [0.4, 0.5) is 5.69 Å². The van der Waals surface area contributed by atoms with Gasteiger partial charge in [-0.05, 0) is 32.0 Å². The number of halogens is 1. The number of nitrogens with zero attached hydrogens (tertiary/aromatic N) is 1. The first kappa shape index (κ1) is 10.2. The Kier molecular flexibility index (Phi) is 2.44. The Labute approximate surface area is 94.4 Å². The van der Waals surface area contributed by atoms with Gasteiger partial charge in [0.05, 0.1) is 5.69 Å². The Bertz CT molecular complexity index is 362. The largest absolute Gasteiger partial charge is 0.372 e. The molecule has 1 heterocycles. The fraction of sp³-hybridized carbons (Fsp3) is 0.455. The van der Waals surface area contributed by atoms with Gasteiger partial charge in [-0.1, -0.05) is 11.6 Å². The minimum absolute atomic E-state index is 0.270. The highest BCUT2D eigenvalue weighted by atomic mass is 35.5. The van der Waals surface area contributed by atoms with Gasteiger partial charge in [0.1, 0.15) is 0 Å². The number of hydrogen-bond donors (Lipinski definition) is 0. The molecule has 76 valence electrons. The summed E-state index contributed by atoms with van der Waals surface area (Å²) in [5.41, 5.74) is 1.29. The number of fused-ring (bicyclic) bond motifs is 1. The number of hydrogen-bond acceptors (Lipinski definition) is 2. The number of anilines is 1. The van der Waals surface area contributed by atoms with Crippen LogP contribution in [0.15, 0.2) is 23.1 Å².